The average molecular weight is 73.8 g/mol. The summed E-state index contributed by atoms with van der Waals surface area (Å²) in [5.41, 5.74) is 0. The minimum Gasteiger partial charge on any atom is -0.315 e. The van der Waals surface area contributed by atoms with Crippen LogP contribution >= 0.6 is 9.12 Å². The molecule has 0 radical (unpaired) electrons. The maximum atomic E-state index is 9.15. The molecule has 0 heterocycles. The van der Waals surface area contributed by atoms with Gasteiger partial charge in [-0.15, -0.1) is 0 Å². The van der Waals surface area contributed by atoms with Gasteiger partial charge in [-0.1, -0.05) is 0 Å². The van der Waals surface area contributed by atoms with Crippen molar-refractivity contribution in [3.63, 3.8) is 0 Å². The van der Waals surface area contributed by atoms with E-state index in [1.165, 1.54) is 0 Å². The van der Waals surface area contributed by atoms with Crippen LogP contribution in [0.15, 0.2) is 0 Å². The Morgan fingerprint density at radius 2 is 2.25 bits per heavy atom. The van der Waals surface area contributed by atoms with Crippen LogP contribution in [0.5, 0.6) is 0 Å². The fourth-order valence-corrected chi connectivity index (χ4v) is 0. The van der Waals surface area contributed by atoms with E-state index in [9.17, 15) is 0 Å². The SMILES string of the molecule is O=CBP. The highest BCUT2D eigenvalue weighted by atomic mass is 31.0. The summed E-state index contributed by atoms with van der Waals surface area (Å²) in [6, 6.07) is 0. The van der Waals surface area contributed by atoms with Crippen LogP contribution in [0.25, 0.3) is 0 Å². The first-order chi connectivity index (χ1) is 1.91. The van der Waals surface area contributed by atoms with Crippen LogP contribution in [0, 0.1) is 0 Å². The quantitative estimate of drug-likeness (QED) is 0.230. The molecule has 0 amide bonds. The molecule has 0 N–H and O–H groups in total. The highest BCUT2D eigenvalue weighted by Crippen LogP contribution is 1.60. The normalized spacial score (nSPS) is 5.25. The second-order valence-electron chi connectivity index (χ2n) is 0.402. The molecule has 0 fully saturated rings. The lowest BCUT2D eigenvalue weighted by atomic mass is 10.2. The Labute approximate surface area is 28.2 Å². The molecule has 0 aliphatic carbocycles. The molecule has 0 aliphatic heterocycles. The zero-order valence-corrected chi connectivity index (χ0v) is 3.42. The highest BCUT2D eigenvalue weighted by Gasteiger charge is 1.59. The van der Waals surface area contributed by atoms with Crippen LogP contribution in [0.3, 0.4) is 0 Å². The van der Waals surface area contributed by atoms with Crippen LogP contribution in [0.1, 0.15) is 0 Å². The molecule has 22 valence electrons. The molecular weight excluding hydrogens is 69.8 g/mol. The van der Waals surface area contributed by atoms with E-state index < -0.39 is 0 Å². The van der Waals surface area contributed by atoms with E-state index in [1.54, 1.807) is 0 Å². The summed E-state index contributed by atoms with van der Waals surface area (Å²) in [7, 11) is 2.29. The first kappa shape index (κ1) is 4.16. The van der Waals surface area contributed by atoms with Crippen molar-refractivity contribution in [1.29, 1.82) is 0 Å². The molecule has 0 spiro atoms. The van der Waals surface area contributed by atoms with E-state index >= 15 is 0 Å². The zero-order valence-electron chi connectivity index (χ0n) is 2.27. The average Bonchev–Trinajstić information content (AvgIpc) is 1.37. The maximum Gasteiger partial charge on any atom is 0.223 e. The molecule has 1 nitrogen and oxygen atoms in total. The summed E-state index contributed by atoms with van der Waals surface area (Å²) in [5, 5.41) is 0. The molecule has 4 heavy (non-hydrogen) atoms. The molecule has 1 atom stereocenters. The Hall–Kier alpha value is 0.165. The van der Waals surface area contributed by atoms with Crippen LogP contribution in [0.4, 0.5) is 0 Å². The van der Waals surface area contributed by atoms with E-state index in [0.29, 0.717) is 7.00 Å². The number of hydrogen-bond acceptors (Lipinski definition) is 1. The van der Waals surface area contributed by atoms with E-state index in [2.05, 4.69) is 9.12 Å². The minimum atomic E-state index is 0.556. The summed E-state index contributed by atoms with van der Waals surface area (Å²) >= 11 is 0. The molecule has 0 bridgehead atoms. The Balaban J connectivity index is 2.30. The Morgan fingerprint density at radius 3 is 2.25 bits per heavy atom. The first-order valence-electron chi connectivity index (χ1n) is 1.05. The second kappa shape index (κ2) is 3.16. The molecule has 0 saturated carbocycles. The number of rotatable bonds is 1. The number of hydrogen-bond donors (Lipinski definition) is 0. The number of carbonyl (C=O) groups is 1. The Kier molecular flexibility index (Phi) is 3.30. The third-order valence-electron chi connectivity index (χ3n) is 0.0962. The second-order valence-corrected chi connectivity index (χ2v) is 0.874. The van der Waals surface area contributed by atoms with Crippen molar-refractivity contribution in [3.8, 4) is 0 Å². The van der Waals surface area contributed by atoms with Crippen molar-refractivity contribution < 1.29 is 4.79 Å². The van der Waals surface area contributed by atoms with Crippen LogP contribution < -0.4 is 0 Å². The van der Waals surface area contributed by atoms with Gasteiger partial charge in [-0.3, -0.25) is 0 Å². The fraction of sp³-hybridized carbons (Fsp3) is 0. The third kappa shape index (κ3) is 2.16. The van der Waals surface area contributed by atoms with Gasteiger partial charge < -0.3 is 4.79 Å². The molecule has 0 aromatic carbocycles. The van der Waals surface area contributed by atoms with Gasteiger partial charge in [-0.05, 0) is 0 Å². The Morgan fingerprint density at radius 1 is 2.00 bits per heavy atom. The molecule has 0 saturated heterocycles. The van der Waals surface area contributed by atoms with Gasteiger partial charge in [0.25, 0.3) is 0 Å². The standard InChI is InChI=1S/CH4BOP/c3-1-2-4/h1-2H,4H2. The van der Waals surface area contributed by atoms with Gasteiger partial charge in [0.1, 0.15) is 0 Å². The minimum absolute atomic E-state index is 0.556. The van der Waals surface area contributed by atoms with Gasteiger partial charge in [0, 0.05) is 0 Å². The fourth-order valence-electron chi connectivity index (χ4n) is 0. The highest BCUT2D eigenvalue weighted by molar-refractivity contribution is 7.61. The summed E-state index contributed by atoms with van der Waals surface area (Å²) in [5.74, 6) is 0. The van der Waals surface area contributed by atoms with E-state index in [-0.39, 0.29) is 0 Å². The maximum absolute atomic E-state index is 9.15. The van der Waals surface area contributed by atoms with Gasteiger partial charge in [-0.2, -0.15) is 9.12 Å². The van der Waals surface area contributed by atoms with Gasteiger partial charge in [0.15, 0.2) is 0 Å². The monoisotopic (exact) mass is 74.0 g/mol. The van der Waals surface area contributed by atoms with Crippen molar-refractivity contribution in [2.24, 2.45) is 0 Å². The molecular formula is CH4BOP. The van der Waals surface area contributed by atoms with Crippen molar-refractivity contribution in [2.75, 3.05) is 0 Å². The van der Waals surface area contributed by atoms with Crippen molar-refractivity contribution in [2.45, 2.75) is 0 Å². The van der Waals surface area contributed by atoms with Crippen LogP contribution in [0.2, 0.25) is 0 Å². The number of carbonyl (C=O) groups excluding carboxylic acids is 1. The molecule has 3 heteroatoms. The summed E-state index contributed by atoms with van der Waals surface area (Å²) in [6.07, 6.45) is 0.838. The first-order valence-corrected chi connectivity index (χ1v) is 1.87. The summed E-state index contributed by atoms with van der Waals surface area (Å²) < 4.78 is 0. The smallest absolute Gasteiger partial charge is 0.223 e. The lowest BCUT2D eigenvalue weighted by molar-refractivity contribution is 0.569. The van der Waals surface area contributed by atoms with Crippen molar-refractivity contribution in [3.05, 3.63) is 0 Å². The van der Waals surface area contributed by atoms with Crippen LogP contribution in [-0.2, 0) is 4.79 Å². The molecule has 1 unspecified atom stereocenters. The predicted molar refractivity (Wildman–Crippen MR) is 23.6 cm³/mol. The summed E-state index contributed by atoms with van der Waals surface area (Å²) in [6.45, 7) is 0.556. The van der Waals surface area contributed by atoms with Crippen molar-refractivity contribution in [1.82, 2.24) is 0 Å². The van der Waals surface area contributed by atoms with Gasteiger partial charge >= 0.3 is 0 Å². The zero-order chi connectivity index (χ0) is 3.41. The predicted octanol–water partition coefficient (Wildman–Crippen LogP) is -0.597. The van der Waals surface area contributed by atoms with E-state index in [1.807, 2.05) is 0 Å². The molecule has 0 aromatic rings. The lowest BCUT2D eigenvalue weighted by Gasteiger charge is -1.46. The van der Waals surface area contributed by atoms with E-state index in [0.717, 1.165) is 6.19 Å². The van der Waals surface area contributed by atoms with Crippen LogP contribution in [-0.4, -0.2) is 13.2 Å². The topological polar surface area (TPSA) is 17.1 Å². The Bertz CT molecular complexity index is 22.0. The van der Waals surface area contributed by atoms with Gasteiger partial charge in [0.2, 0.25) is 7.00 Å². The van der Waals surface area contributed by atoms with Gasteiger partial charge in [0.05, 0.1) is 6.19 Å². The van der Waals surface area contributed by atoms with Crippen molar-refractivity contribution >= 4 is 22.3 Å². The van der Waals surface area contributed by atoms with E-state index in [4.69, 9.17) is 4.79 Å². The van der Waals surface area contributed by atoms with Gasteiger partial charge in [-0.25, -0.2) is 0 Å². The largest absolute Gasteiger partial charge is 0.315 e. The molecule has 0 aromatic heterocycles. The molecule has 0 rings (SSSR count). The lowest BCUT2D eigenvalue weighted by Crippen LogP contribution is -1.69. The molecule has 0 aliphatic rings. The third-order valence-corrected chi connectivity index (χ3v) is 0.289. The summed E-state index contributed by atoms with van der Waals surface area (Å²) in [4.78, 5) is 9.15.